The molecule has 9 N–H and O–H groups in total. The Morgan fingerprint density at radius 2 is 0.722 bits per heavy atom. The lowest BCUT2D eigenvalue weighted by Crippen LogP contribution is -2.45. The topological polar surface area (TPSA) is 361 Å². The average Bonchev–Trinajstić information content (AvgIpc) is 4.22. The normalized spacial score (nSPS) is 11.8. The molecule has 3 aromatic carbocycles. The first-order valence-electron chi connectivity index (χ1n) is 23.0. The minimum absolute atomic E-state index is 0. The van der Waals surface area contributed by atoms with Gasteiger partial charge in [-0.2, -0.15) is 9.13 Å². The molecule has 2 aliphatic rings. The van der Waals surface area contributed by atoms with Crippen molar-refractivity contribution in [3.05, 3.63) is 229 Å². The van der Waals surface area contributed by atoms with Gasteiger partial charge in [-0.3, -0.25) is 60.4 Å². The predicted octanol–water partition coefficient (Wildman–Crippen LogP) is 10.1. The van der Waals surface area contributed by atoms with Gasteiger partial charge >= 0.3 is 35.3 Å². The van der Waals surface area contributed by atoms with Gasteiger partial charge in [0.25, 0.3) is 0 Å². The third kappa shape index (κ3) is 12.6. The Morgan fingerprint density at radius 1 is 0.443 bits per heavy atom. The minimum atomic E-state index is -0.833. The lowest BCUT2D eigenvalue weighted by atomic mass is 10.1. The Kier molecular flexibility index (Phi) is 16.4. The van der Waals surface area contributed by atoms with E-state index in [4.69, 9.17) is 23.1 Å². The lowest BCUT2D eigenvalue weighted by molar-refractivity contribution is -0.710. The second-order valence-electron chi connectivity index (χ2n) is 16.7. The van der Waals surface area contributed by atoms with Crippen LogP contribution in [-0.4, -0.2) is 49.6 Å². The molecule has 2 aliphatic heterocycles. The first-order valence-corrected chi connectivity index (χ1v) is 23.4. The summed E-state index contributed by atoms with van der Waals surface area (Å²) in [7, 11) is 0. The van der Waals surface area contributed by atoms with Crippen molar-refractivity contribution in [1.82, 2.24) is 29.9 Å². The summed E-state index contributed by atoms with van der Waals surface area (Å²) in [5.74, 6) is 0. The summed E-state index contributed by atoms with van der Waals surface area (Å²) in [6, 6.07) is 31.8. The highest BCUT2D eigenvalue weighted by atomic mass is 35.5. The number of fused-ring (bicyclic) bond motifs is 3. The number of nitrogens with zero attached hydrogens (tertiary/aromatic N) is 11. The highest BCUT2D eigenvalue weighted by Crippen LogP contribution is 2.41. The van der Waals surface area contributed by atoms with E-state index in [0.29, 0.717) is 22.7 Å². The average molecular weight is 1090 g/mol. The van der Waals surface area contributed by atoms with E-state index in [1.807, 2.05) is 102 Å². The molecule has 0 radical (unpaired) electrons. The second kappa shape index (κ2) is 23.9. The molecule has 0 amide bonds. The van der Waals surface area contributed by atoms with E-state index >= 15 is 0 Å². The van der Waals surface area contributed by atoms with Crippen LogP contribution in [-0.2, 0) is 0 Å². The molecule has 0 atom stereocenters. The molecular formula is C52H47ClN18O8+2. The first kappa shape index (κ1) is 54.0. The van der Waals surface area contributed by atoms with Crippen molar-refractivity contribution in [1.29, 1.82) is 0 Å². The summed E-state index contributed by atoms with van der Waals surface area (Å²) in [5, 5.41) is 56.4. The van der Waals surface area contributed by atoms with Crippen LogP contribution in [0.25, 0.3) is 44.4 Å². The van der Waals surface area contributed by atoms with Crippen LogP contribution in [0.5, 0.6) is 0 Å². The number of imidazole rings is 1. The molecule has 398 valence electrons. The number of anilines is 6. The lowest BCUT2D eigenvalue weighted by Gasteiger charge is -2.07. The fraction of sp³-hybridized carbons (Fsp3) is 0.0577. The van der Waals surface area contributed by atoms with Crippen LogP contribution in [0.1, 0.15) is 21.4 Å². The molecule has 0 aliphatic carbocycles. The highest BCUT2D eigenvalue weighted by molar-refractivity contribution is 6.29. The summed E-state index contributed by atoms with van der Waals surface area (Å²) in [5.41, 5.74) is 20.5. The first-order chi connectivity index (χ1) is 37.7. The Bertz CT molecular complexity index is 3660. The zero-order valence-electron chi connectivity index (χ0n) is 40.2. The minimum Gasteiger partial charge on any atom is -0.397 e. The Hall–Kier alpha value is -11.3. The van der Waals surface area contributed by atoms with E-state index in [0.717, 1.165) is 45.8 Å². The van der Waals surface area contributed by atoms with Gasteiger partial charge in [-0.15, -0.1) is 0 Å². The Labute approximate surface area is 453 Å². The fourth-order valence-electron chi connectivity index (χ4n) is 8.02. The highest BCUT2D eigenvalue weighted by Gasteiger charge is 2.34. The molecule has 0 bridgehead atoms. The van der Waals surface area contributed by atoms with Crippen LogP contribution in [0.3, 0.4) is 0 Å². The number of aromatic nitrogens is 8. The predicted molar refractivity (Wildman–Crippen MR) is 298 cm³/mol. The second-order valence-corrected chi connectivity index (χ2v) is 17.1. The summed E-state index contributed by atoms with van der Waals surface area (Å²) in [6.07, 6.45) is 21.4. The Morgan fingerprint density at radius 3 is 1.04 bits per heavy atom. The van der Waals surface area contributed by atoms with Gasteiger partial charge < -0.3 is 37.7 Å². The van der Waals surface area contributed by atoms with Crippen molar-refractivity contribution in [3.8, 4) is 33.4 Å². The largest absolute Gasteiger partial charge is 0.397 e. The van der Waals surface area contributed by atoms with Gasteiger partial charge in [-0.05, 0) is 106 Å². The number of hydrogen-bond acceptors (Lipinski definition) is 19. The van der Waals surface area contributed by atoms with Gasteiger partial charge in [-0.1, -0.05) is 7.43 Å². The quantitative estimate of drug-likeness (QED) is 0.0306. The molecule has 12 rings (SSSR count). The number of nitrogen functional groups attached to an aromatic ring is 2. The molecule has 10 aromatic rings. The summed E-state index contributed by atoms with van der Waals surface area (Å²) >= 11 is 5.54. The maximum atomic E-state index is 11.1. The summed E-state index contributed by atoms with van der Waals surface area (Å²) in [4.78, 5) is 62.5. The van der Waals surface area contributed by atoms with Crippen molar-refractivity contribution in [2.75, 3.05) is 32.7 Å². The van der Waals surface area contributed by atoms with Gasteiger partial charge in [0.05, 0.1) is 70.9 Å². The molecule has 0 saturated carbocycles. The molecule has 79 heavy (non-hydrogen) atoms. The van der Waals surface area contributed by atoms with E-state index in [1.165, 1.54) is 23.3 Å². The molecule has 9 heterocycles. The van der Waals surface area contributed by atoms with E-state index in [9.17, 15) is 40.5 Å². The zero-order valence-corrected chi connectivity index (χ0v) is 40.9. The number of hydrogen-bond donors (Lipinski definition) is 7. The molecule has 7 aromatic heterocycles. The number of benzene rings is 3. The van der Waals surface area contributed by atoms with Crippen molar-refractivity contribution in [3.63, 3.8) is 0 Å². The number of nitro groups is 4. The third-order valence-corrected chi connectivity index (χ3v) is 12.0. The zero-order chi connectivity index (χ0) is 54.9. The molecule has 0 spiro atoms. The maximum absolute atomic E-state index is 11.1. The molecule has 0 fully saturated rings. The van der Waals surface area contributed by atoms with Crippen molar-refractivity contribution >= 4 is 79.5 Å². The monoisotopic (exact) mass is 1090 g/mol. The number of nitrogens with two attached hydrogens (primary N) is 2. The van der Waals surface area contributed by atoms with Crippen molar-refractivity contribution < 1.29 is 30.3 Å². The third-order valence-electron chi connectivity index (χ3n) is 11.9. The van der Waals surface area contributed by atoms with E-state index in [-0.39, 0.29) is 31.5 Å². The number of rotatable bonds is 9. The van der Waals surface area contributed by atoms with Crippen LogP contribution in [0.2, 0.25) is 5.28 Å². The van der Waals surface area contributed by atoms with Gasteiger partial charge in [-0.25, -0.2) is 4.98 Å². The molecule has 0 saturated heterocycles. The number of halogens is 1. The van der Waals surface area contributed by atoms with Gasteiger partial charge in [0.1, 0.15) is 0 Å². The van der Waals surface area contributed by atoms with Gasteiger partial charge in [0.2, 0.25) is 5.28 Å². The summed E-state index contributed by atoms with van der Waals surface area (Å²) in [6.45, 7) is 0. The molecule has 26 nitrogen and oxygen atoms in total. The van der Waals surface area contributed by atoms with Gasteiger partial charge in [0.15, 0.2) is 24.8 Å². The van der Waals surface area contributed by atoms with Crippen LogP contribution in [0, 0.1) is 40.5 Å². The number of nitrogens with one attached hydrogen (secondary N) is 5. The van der Waals surface area contributed by atoms with Gasteiger partial charge in [0, 0.05) is 93.5 Å². The van der Waals surface area contributed by atoms with Crippen LogP contribution >= 0.6 is 11.6 Å². The fourth-order valence-corrected chi connectivity index (χ4v) is 8.21. The Balaban J connectivity index is 0.000000159. The summed E-state index contributed by atoms with van der Waals surface area (Å²) < 4.78 is 3.87. The molecular weight excluding hydrogens is 1040 g/mol. The SMILES string of the molecule is C.Nc1cc2c(cc1N)NC([n+]1ccc(-c3ccncc3)cc1)N2.O=[N+]([O-])c1cc2c(cc1[N+](=O)[O-])NC([n+]1ccc(-c3ccncc3)cc1)N2.O=[N+]([O-])c1cc2nc(Cl)[nH]c2cc1[N+](=O)[O-].[HH].c1cc(-c2ccncc2)ccn1. The van der Waals surface area contributed by atoms with E-state index in [2.05, 4.69) is 67.9 Å². The standard InChI is InChI=1S/C17H12N6O4.C17H16N6.C10H8N2.C7H3ClN4O4.CH4.H2/c24-22(25)15-9-13-14(10-16(15)23(26)27)20-17(19-13)21-7-3-12(4-8-21)11-1-5-18-6-2-11;18-13-9-15-16(10-14(13)19)22-17(21-15)23-7-3-12(4-8-23)11-1-5-20-6-2-11;1-5-11-6-2-9(1)10-3-7-12-8-4-10;8-7-9-3-1-5(11(13)14)6(12(15)16)2-4(3)10-7;;/h1-10,17-18H;1-10,17,20H,(H4,18,19,21,22);1-8H;1-2H,(H,9,10);1H4;1H/p+2. The van der Waals surface area contributed by atoms with Crippen LogP contribution in [0.4, 0.5) is 56.9 Å². The van der Waals surface area contributed by atoms with Crippen molar-refractivity contribution in [2.45, 2.75) is 20.0 Å². The molecule has 0 unspecified atom stereocenters. The smallest absolute Gasteiger partial charge is 0.348 e. The van der Waals surface area contributed by atoms with Crippen LogP contribution in [0.15, 0.2) is 184 Å². The van der Waals surface area contributed by atoms with Crippen LogP contribution < -0.4 is 41.9 Å². The number of aromatic amines is 1. The van der Waals surface area contributed by atoms with E-state index < -0.39 is 48.7 Å². The number of pyridine rings is 6. The number of nitro benzene ring substituents is 4. The van der Waals surface area contributed by atoms with E-state index in [1.54, 1.807) is 49.6 Å². The van der Waals surface area contributed by atoms with Crippen molar-refractivity contribution in [2.24, 2.45) is 0 Å². The molecule has 27 heteroatoms. The number of H-pyrrole nitrogens is 1. The maximum Gasteiger partial charge on any atom is 0.348 e.